The average Bonchev–Trinajstić information content (AvgIpc) is 2.71. The molecule has 1 aliphatic heterocycles. The minimum atomic E-state index is -0.187. The van der Waals surface area contributed by atoms with Crippen molar-refractivity contribution in [1.82, 2.24) is 0 Å². The fourth-order valence-corrected chi connectivity index (χ4v) is 3.09. The van der Waals surface area contributed by atoms with Gasteiger partial charge in [0, 0.05) is 5.02 Å². The highest BCUT2D eigenvalue weighted by Crippen LogP contribution is 2.39. The highest BCUT2D eigenvalue weighted by Gasteiger charge is 2.24. The Bertz CT molecular complexity index is 746. The van der Waals surface area contributed by atoms with Crippen LogP contribution in [-0.2, 0) is 6.42 Å². The fraction of sp³-hybridized carbons (Fsp3) is 0.333. The summed E-state index contributed by atoms with van der Waals surface area (Å²) in [7, 11) is 3.28. The molecule has 2 aromatic carbocycles. The quantitative estimate of drug-likeness (QED) is 0.807. The van der Waals surface area contributed by atoms with E-state index in [-0.39, 0.29) is 12.1 Å². The number of rotatable bonds is 3. The van der Waals surface area contributed by atoms with Crippen LogP contribution in [0.5, 0.6) is 11.5 Å². The van der Waals surface area contributed by atoms with Gasteiger partial charge in [-0.05, 0) is 54.3 Å². The van der Waals surface area contributed by atoms with E-state index in [1.807, 2.05) is 36.4 Å². The summed E-state index contributed by atoms with van der Waals surface area (Å²) in [5.74, 6) is 1.42. The zero-order valence-electron chi connectivity index (χ0n) is 13.4. The number of hydrogen-bond acceptors (Lipinski definition) is 4. The normalized spacial score (nSPS) is 19.8. The maximum atomic E-state index is 6.15. The number of methoxy groups -OCH3 is 2. The molecule has 1 aliphatic rings. The lowest BCUT2D eigenvalue weighted by Crippen LogP contribution is -2.05. The molecule has 0 N–H and O–H groups in total. The largest absolute Gasteiger partial charge is 0.493 e. The van der Waals surface area contributed by atoms with Crippen molar-refractivity contribution in [2.24, 2.45) is 10.2 Å². The van der Waals surface area contributed by atoms with Gasteiger partial charge in [-0.1, -0.05) is 23.7 Å². The molecule has 0 aromatic heterocycles. The molecule has 120 valence electrons. The van der Waals surface area contributed by atoms with Crippen molar-refractivity contribution in [3.05, 3.63) is 58.1 Å². The van der Waals surface area contributed by atoms with Crippen molar-refractivity contribution >= 4 is 11.6 Å². The number of hydrogen-bond donors (Lipinski definition) is 0. The zero-order valence-corrected chi connectivity index (χ0v) is 14.2. The summed E-state index contributed by atoms with van der Waals surface area (Å²) in [6, 6.07) is 11.7. The Morgan fingerprint density at radius 3 is 2.48 bits per heavy atom. The molecule has 3 rings (SSSR count). The van der Waals surface area contributed by atoms with Crippen LogP contribution in [0.15, 0.2) is 46.6 Å². The molecule has 2 atom stereocenters. The predicted octanol–water partition coefficient (Wildman–Crippen LogP) is 4.84. The van der Waals surface area contributed by atoms with Gasteiger partial charge in [-0.3, -0.25) is 0 Å². The number of nitrogens with zero attached hydrogens (tertiary/aromatic N) is 2. The molecule has 5 heteroatoms. The van der Waals surface area contributed by atoms with Crippen molar-refractivity contribution in [2.45, 2.75) is 25.4 Å². The summed E-state index contributed by atoms with van der Waals surface area (Å²) in [5.41, 5.74) is 3.27. The summed E-state index contributed by atoms with van der Waals surface area (Å²) in [5, 5.41) is 9.69. The molecule has 0 amide bonds. The summed E-state index contributed by atoms with van der Waals surface area (Å²) < 4.78 is 10.9. The van der Waals surface area contributed by atoms with Gasteiger partial charge in [-0.15, -0.1) is 0 Å². The third-order valence-electron chi connectivity index (χ3n) is 4.00. The molecule has 0 bridgehead atoms. The highest BCUT2D eigenvalue weighted by molar-refractivity contribution is 6.30. The van der Waals surface area contributed by atoms with E-state index < -0.39 is 0 Å². The van der Waals surface area contributed by atoms with Crippen molar-refractivity contribution < 1.29 is 9.47 Å². The molecule has 0 aliphatic carbocycles. The first-order valence-corrected chi connectivity index (χ1v) is 7.90. The van der Waals surface area contributed by atoms with E-state index in [1.54, 1.807) is 14.2 Å². The number of halogens is 1. The molecule has 1 heterocycles. The van der Waals surface area contributed by atoms with Crippen molar-refractivity contribution in [1.29, 1.82) is 0 Å². The van der Waals surface area contributed by atoms with E-state index in [9.17, 15) is 0 Å². The van der Waals surface area contributed by atoms with Crippen LogP contribution in [0.3, 0.4) is 0 Å². The fourth-order valence-electron chi connectivity index (χ4n) is 2.89. The molecule has 0 spiro atoms. The van der Waals surface area contributed by atoms with E-state index >= 15 is 0 Å². The smallest absolute Gasteiger partial charge is 0.161 e. The van der Waals surface area contributed by atoms with Crippen LogP contribution in [0.2, 0.25) is 5.02 Å². The van der Waals surface area contributed by atoms with Gasteiger partial charge >= 0.3 is 0 Å². The van der Waals surface area contributed by atoms with Crippen LogP contribution in [-0.4, -0.2) is 20.3 Å². The number of fused-ring (bicyclic) bond motifs is 1. The Balaban J connectivity index is 2.17. The Labute approximate surface area is 141 Å². The molecule has 0 saturated carbocycles. The van der Waals surface area contributed by atoms with Gasteiger partial charge < -0.3 is 9.47 Å². The maximum Gasteiger partial charge on any atom is 0.161 e. The number of ether oxygens (including phenoxy) is 2. The van der Waals surface area contributed by atoms with Gasteiger partial charge in [-0.25, -0.2) is 0 Å². The van der Waals surface area contributed by atoms with Crippen molar-refractivity contribution in [2.75, 3.05) is 14.2 Å². The van der Waals surface area contributed by atoms with E-state index in [4.69, 9.17) is 21.1 Å². The average molecular weight is 331 g/mol. The lowest BCUT2D eigenvalue weighted by Gasteiger charge is -2.18. The number of azo groups is 1. The zero-order chi connectivity index (χ0) is 16.4. The van der Waals surface area contributed by atoms with Gasteiger partial charge in [0.05, 0.1) is 20.3 Å². The third kappa shape index (κ3) is 3.17. The standard InChI is InChI=1S/C18H19ClN2O2/c1-11-7-13-9-16(22-2)17(23-3)10-15(13)18(21-20-11)12-5-4-6-14(19)8-12/h4-6,8-11,18H,7H2,1-3H3/t11-,18?/m1/s1. The Morgan fingerprint density at radius 1 is 1.04 bits per heavy atom. The molecule has 1 unspecified atom stereocenters. The monoisotopic (exact) mass is 330 g/mol. The highest BCUT2D eigenvalue weighted by atomic mass is 35.5. The molecule has 0 radical (unpaired) electrons. The van der Waals surface area contributed by atoms with Crippen LogP contribution in [0.25, 0.3) is 0 Å². The van der Waals surface area contributed by atoms with Crippen LogP contribution in [0, 0.1) is 0 Å². The molecule has 4 nitrogen and oxygen atoms in total. The van der Waals surface area contributed by atoms with Crippen LogP contribution in [0.1, 0.15) is 29.7 Å². The van der Waals surface area contributed by atoms with Crippen molar-refractivity contribution in [3.63, 3.8) is 0 Å². The Hall–Kier alpha value is -2.07. The predicted molar refractivity (Wildman–Crippen MR) is 90.9 cm³/mol. The first kappa shape index (κ1) is 15.8. The van der Waals surface area contributed by atoms with Gasteiger partial charge in [-0.2, -0.15) is 10.2 Å². The van der Waals surface area contributed by atoms with E-state index in [1.165, 1.54) is 5.56 Å². The second kappa shape index (κ2) is 6.59. The van der Waals surface area contributed by atoms with E-state index in [0.29, 0.717) is 10.8 Å². The van der Waals surface area contributed by atoms with Gasteiger partial charge in [0.2, 0.25) is 0 Å². The topological polar surface area (TPSA) is 43.2 Å². The molecular weight excluding hydrogens is 312 g/mol. The molecule has 23 heavy (non-hydrogen) atoms. The first-order chi connectivity index (χ1) is 11.1. The third-order valence-corrected chi connectivity index (χ3v) is 4.23. The van der Waals surface area contributed by atoms with Gasteiger partial charge in [0.1, 0.15) is 6.04 Å². The Kier molecular flexibility index (Phi) is 4.53. The second-order valence-corrected chi connectivity index (χ2v) is 6.08. The summed E-state index contributed by atoms with van der Waals surface area (Å²) in [4.78, 5) is 0. The Morgan fingerprint density at radius 2 is 1.78 bits per heavy atom. The van der Waals surface area contributed by atoms with E-state index in [2.05, 4.69) is 17.2 Å². The molecule has 0 saturated heterocycles. The second-order valence-electron chi connectivity index (χ2n) is 5.65. The van der Waals surface area contributed by atoms with Gasteiger partial charge in [0.15, 0.2) is 11.5 Å². The minimum absolute atomic E-state index is 0.121. The molecular formula is C18H19ClN2O2. The maximum absolute atomic E-state index is 6.15. The number of benzene rings is 2. The first-order valence-electron chi connectivity index (χ1n) is 7.52. The van der Waals surface area contributed by atoms with Crippen molar-refractivity contribution in [3.8, 4) is 11.5 Å². The SMILES string of the molecule is COc1cc2c(cc1OC)C(c1cccc(Cl)c1)N=N[C@H](C)C2. The lowest BCUT2D eigenvalue weighted by molar-refractivity contribution is 0.354. The summed E-state index contributed by atoms with van der Waals surface area (Å²) in [6.45, 7) is 2.06. The summed E-state index contributed by atoms with van der Waals surface area (Å²) in [6.07, 6.45) is 0.816. The van der Waals surface area contributed by atoms with E-state index in [0.717, 1.165) is 23.3 Å². The lowest BCUT2D eigenvalue weighted by atomic mass is 9.92. The molecule has 0 fully saturated rings. The minimum Gasteiger partial charge on any atom is -0.493 e. The molecule has 2 aromatic rings. The van der Waals surface area contributed by atoms with Crippen LogP contribution < -0.4 is 9.47 Å². The summed E-state index contributed by atoms with van der Waals surface area (Å²) >= 11 is 6.15. The van der Waals surface area contributed by atoms with Crippen LogP contribution >= 0.6 is 11.6 Å². The van der Waals surface area contributed by atoms with Gasteiger partial charge in [0.25, 0.3) is 0 Å². The van der Waals surface area contributed by atoms with Crippen LogP contribution in [0.4, 0.5) is 0 Å².